The number of ether oxygens (including phenoxy) is 2. The lowest BCUT2D eigenvalue weighted by atomic mass is 10.1. The Bertz CT molecular complexity index is 1020. The van der Waals surface area contributed by atoms with Gasteiger partial charge in [0.25, 0.3) is 5.91 Å². The molecule has 7 nitrogen and oxygen atoms in total. The van der Waals surface area contributed by atoms with E-state index in [1.54, 1.807) is 37.4 Å². The number of nitrogens with one attached hydrogen (secondary N) is 1. The molecule has 0 aliphatic carbocycles. The first-order valence-electron chi connectivity index (χ1n) is 9.56. The van der Waals surface area contributed by atoms with Crippen molar-refractivity contribution in [2.24, 2.45) is 0 Å². The highest BCUT2D eigenvalue weighted by Crippen LogP contribution is 2.27. The van der Waals surface area contributed by atoms with Gasteiger partial charge >= 0.3 is 0 Å². The number of anilines is 2. The van der Waals surface area contributed by atoms with E-state index in [-0.39, 0.29) is 5.91 Å². The molecule has 8 heteroatoms. The number of morpholine rings is 1. The molecule has 1 amide bonds. The van der Waals surface area contributed by atoms with E-state index in [1.165, 1.54) is 0 Å². The Balaban J connectivity index is 1.43. The molecular formula is C22H21ClN4O3. The van der Waals surface area contributed by atoms with Crippen molar-refractivity contribution in [2.45, 2.75) is 0 Å². The molecule has 0 spiro atoms. The van der Waals surface area contributed by atoms with Crippen molar-refractivity contribution < 1.29 is 14.3 Å². The normalized spacial score (nSPS) is 13.7. The predicted molar refractivity (Wildman–Crippen MR) is 116 cm³/mol. The molecule has 1 aliphatic heterocycles. The average Bonchev–Trinajstić information content (AvgIpc) is 2.80. The number of hydrogen-bond acceptors (Lipinski definition) is 6. The van der Waals surface area contributed by atoms with Gasteiger partial charge in [-0.1, -0.05) is 23.7 Å². The first-order chi connectivity index (χ1) is 14.6. The maximum Gasteiger partial charge on any atom is 0.255 e. The SMILES string of the molecule is COc1ccc(NC(=O)c2ccc(-c3ccc(N4CCOCC4)nn3)cc2)cc1Cl. The maximum absolute atomic E-state index is 12.5. The lowest BCUT2D eigenvalue weighted by molar-refractivity contribution is 0.102. The van der Waals surface area contributed by atoms with E-state index >= 15 is 0 Å². The number of amides is 1. The van der Waals surface area contributed by atoms with Crippen LogP contribution in [0.3, 0.4) is 0 Å². The number of halogens is 1. The summed E-state index contributed by atoms with van der Waals surface area (Å²) < 4.78 is 10.5. The molecule has 0 bridgehead atoms. The van der Waals surface area contributed by atoms with Gasteiger partial charge in [-0.25, -0.2) is 0 Å². The number of hydrogen-bond donors (Lipinski definition) is 1. The highest BCUT2D eigenvalue weighted by Gasteiger charge is 2.13. The third-order valence-electron chi connectivity index (χ3n) is 4.84. The van der Waals surface area contributed by atoms with Gasteiger partial charge in [0.15, 0.2) is 5.82 Å². The Morgan fingerprint density at radius 3 is 2.47 bits per heavy atom. The summed E-state index contributed by atoms with van der Waals surface area (Å²) in [6, 6.07) is 16.2. The number of aromatic nitrogens is 2. The van der Waals surface area contributed by atoms with Gasteiger partial charge in [0.05, 0.1) is 31.0 Å². The molecule has 4 rings (SSSR count). The number of rotatable bonds is 5. The standard InChI is InChI=1S/C22H21ClN4O3/c1-29-20-8-6-17(14-18(20)23)24-22(28)16-4-2-15(3-5-16)19-7-9-21(26-25-19)27-10-12-30-13-11-27/h2-9,14H,10-13H2,1H3,(H,24,28). The van der Waals surface area contributed by atoms with Gasteiger partial charge in [-0.2, -0.15) is 0 Å². The van der Waals surface area contributed by atoms with Crippen LogP contribution in [0.25, 0.3) is 11.3 Å². The molecule has 1 aromatic heterocycles. The topological polar surface area (TPSA) is 76.6 Å². The second-order valence-corrected chi connectivity index (χ2v) is 7.16. The molecule has 154 valence electrons. The zero-order valence-electron chi connectivity index (χ0n) is 16.5. The van der Waals surface area contributed by atoms with Crippen molar-refractivity contribution in [3.63, 3.8) is 0 Å². The van der Waals surface area contributed by atoms with Crippen LogP contribution in [0.1, 0.15) is 10.4 Å². The summed E-state index contributed by atoms with van der Waals surface area (Å²) in [6.45, 7) is 3.04. The molecule has 0 unspecified atom stereocenters. The Hall–Kier alpha value is -3.16. The number of benzene rings is 2. The van der Waals surface area contributed by atoms with Crippen LogP contribution in [0.15, 0.2) is 54.6 Å². The van der Waals surface area contributed by atoms with Gasteiger partial charge in [0, 0.05) is 29.9 Å². The fraction of sp³-hybridized carbons (Fsp3) is 0.227. The minimum Gasteiger partial charge on any atom is -0.495 e. The van der Waals surface area contributed by atoms with Crippen LogP contribution >= 0.6 is 11.6 Å². The third kappa shape index (κ3) is 4.53. The van der Waals surface area contributed by atoms with Gasteiger partial charge in [-0.15, -0.1) is 10.2 Å². The Kier molecular flexibility index (Phi) is 6.11. The highest BCUT2D eigenvalue weighted by atomic mass is 35.5. The summed E-state index contributed by atoms with van der Waals surface area (Å²) >= 11 is 6.11. The largest absolute Gasteiger partial charge is 0.495 e. The zero-order valence-corrected chi connectivity index (χ0v) is 17.2. The maximum atomic E-state index is 12.5. The van der Waals surface area contributed by atoms with Crippen molar-refractivity contribution in [2.75, 3.05) is 43.6 Å². The third-order valence-corrected chi connectivity index (χ3v) is 5.13. The molecule has 2 heterocycles. The second kappa shape index (κ2) is 9.11. The van der Waals surface area contributed by atoms with Gasteiger partial charge < -0.3 is 19.7 Å². The predicted octanol–water partition coefficient (Wildman–Crippen LogP) is 3.89. The van der Waals surface area contributed by atoms with E-state index < -0.39 is 0 Å². The van der Waals surface area contributed by atoms with Crippen LogP contribution in [-0.4, -0.2) is 49.5 Å². The first-order valence-corrected chi connectivity index (χ1v) is 9.93. The van der Waals surface area contributed by atoms with Crippen LogP contribution in [0.2, 0.25) is 5.02 Å². The summed E-state index contributed by atoms with van der Waals surface area (Å²) in [5.74, 6) is 1.17. The van der Waals surface area contributed by atoms with Gasteiger partial charge in [0.1, 0.15) is 5.75 Å². The molecule has 3 aromatic rings. The van der Waals surface area contributed by atoms with Crippen molar-refractivity contribution in [1.82, 2.24) is 10.2 Å². The van der Waals surface area contributed by atoms with Crippen LogP contribution in [0.4, 0.5) is 11.5 Å². The minimum absolute atomic E-state index is 0.225. The quantitative estimate of drug-likeness (QED) is 0.669. The summed E-state index contributed by atoms with van der Waals surface area (Å²) in [4.78, 5) is 14.7. The van der Waals surface area contributed by atoms with Crippen LogP contribution in [-0.2, 0) is 4.74 Å². The van der Waals surface area contributed by atoms with Crippen molar-refractivity contribution in [1.29, 1.82) is 0 Å². The van der Waals surface area contributed by atoms with Crippen LogP contribution in [0, 0.1) is 0 Å². The molecule has 1 N–H and O–H groups in total. The molecule has 0 atom stereocenters. The lowest BCUT2D eigenvalue weighted by Crippen LogP contribution is -2.36. The Morgan fingerprint density at radius 2 is 1.83 bits per heavy atom. The molecule has 2 aromatic carbocycles. The smallest absolute Gasteiger partial charge is 0.255 e. The number of carbonyl (C=O) groups excluding carboxylic acids is 1. The van der Waals surface area contributed by atoms with Crippen molar-refractivity contribution in [3.05, 3.63) is 65.2 Å². The molecule has 0 radical (unpaired) electrons. The molecule has 1 aliphatic rings. The molecule has 1 saturated heterocycles. The second-order valence-electron chi connectivity index (χ2n) is 6.76. The summed E-state index contributed by atoms with van der Waals surface area (Å²) in [7, 11) is 1.54. The van der Waals surface area contributed by atoms with E-state index in [9.17, 15) is 4.79 Å². The minimum atomic E-state index is -0.225. The Labute approximate surface area is 179 Å². The summed E-state index contributed by atoms with van der Waals surface area (Å²) in [5, 5.41) is 11.9. The monoisotopic (exact) mass is 424 g/mol. The summed E-state index contributed by atoms with van der Waals surface area (Å²) in [5.41, 5.74) is 2.77. The Morgan fingerprint density at radius 1 is 1.07 bits per heavy atom. The highest BCUT2D eigenvalue weighted by molar-refractivity contribution is 6.32. The van der Waals surface area contributed by atoms with Gasteiger partial charge in [-0.3, -0.25) is 4.79 Å². The molecule has 0 saturated carbocycles. The van der Waals surface area contributed by atoms with Gasteiger partial charge in [-0.05, 0) is 42.5 Å². The van der Waals surface area contributed by atoms with Crippen molar-refractivity contribution >= 4 is 29.0 Å². The van der Waals surface area contributed by atoms with Crippen LogP contribution in [0.5, 0.6) is 5.75 Å². The number of methoxy groups -OCH3 is 1. The van der Waals surface area contributed by atoms with E-state index in [1.807, 2.05) is 24.3 Å². The summed E-state index contributed by atoms with van der Waals surface area (Å²) in [6.07, 6.45) is 0. The molecule has 1 fully saturated rings. The zero-order chi connectivity index (χ0) is 20.9. The van der Waals surface area contributed by atoms with E-state index in [0.29, 0.717) is 35.2 Å². The average molecular weight is 425 g/mol. The number of carbonyl (C=O) groups is 1. The van der Waals surface area contributed by atoms with E-state index in [0.717, 1.165) is 30.2 Å². The molecule has 30 heavy (non-hydrogen) atoms. The fourth-order valence-electron chi connectivity index (χ4n) is 3.18. The number of nitrogens with zero attached hydrogens (tertiary/aromatic N) is 3. The van der Waals surface area contributed by atoms with Crippen molar-refractivity contribution in [3.8, 4) is 17.0 Å². The molecular weight excluding hydrogens is 404 g/mol. The van der Waals surface area contributed by atoms with Gasteiger partial charge in [0.2, 0.25) is 0 Å². The van der Waals surface area contributed by atoms with E-state index in [2.05, 4.69) is 20.4 Å². The van der Waals surface area contributed by atoms with E-state index in [4.69, 9.17) is 21.1 Å². The fourth-order valence-corrected chi connectivity index (χ4v) is 3.44. The first kappa shape index (κ1) is 20.1. The lowest BCUT2D eigenvalue weighted by Gasteiger charge is -2.27. The van der Waals surface area contributed by atoms with Crippen LogP contribution < -0.4 is 15.0 Å².